The van der Waals surface area contributed by atoms with E-state index in [0.717, 1.165) is 11.3 Å². The van der Waals surface area contributed by atoms with Gasteiger partial charge in [0, 0.05) is 0 Å². The molecule has 4 N–H and O–H groups in total. The Kier molecular flexibility index (Phi) is 4.48. The van der Waals surface area contributed by atoms with Crippen LogP contribution in [0.25, 0.3) is 0 Å². The summed E-state index contributed by atoms with van der Waals surface area (Å²) in [5.74, 6) is -0.469. The molecule has 1 unspecified atom stereocenters. The van der Waals surface area contributed by atoms with Crippen molar-refractivity contribution < 1.29 is 14.7 Å². The summed E-state index contributed by atoms with van der Waals surface area (Å²) in [6.07, 6.45) is 1.36. The third-order valence-electron chi connectivity index (χ3n) is 2.63. The first kappa shape index (κ1) is 14.9. The van der Waals surface area contributed by atoms with Crippen LogP contribution in [0.1, 0.15) is 39.2 Å². The highest BCUT2D eigenvalue weighted by Crippen LogP contribution is 2.17. The maximum Gasteiger partial charge on any atom is 0.347 e. The summed E-state index contributed by atoms with van der Waals surface area (Å²) in [7, 11) is 0. The molecule has 2 aromatic heterocycles. The van der Waals surface area contributed by atoms with Crippen LogP contribution in [0.15, 0.2) is 6.33 Å². The number of H-pyrrole nitrogens is 1. The van der Waals surface area contributed by atoms with Crippen LogP contribution in [0, 0.1) is 6.92 Å². The number of thiazole rings is 1. The van der Waals surface area contributed by atoms with Crippen molar-refractivity contribution >= 4 is 23.3 Å². The average Bonchev–Trinajstić information content (AvgIpc) is 3.05. The van der Waals surface area contributed by atoms with Gasteiger partial charge in [-0.25, -0.2) is 19.6 Å². The minimum atomic E-state index is -1.01. The lowest BCUT2D eigenvalue weighted by atomic mass is 10.3. The van der Waals surface area contributed by atoms with E-state index in [2.05, 4.69) is 30.8 Å². The van der Waals surface area contributed by atoms with Crippen molar-refractivity contribution in [3.63, 3.8) is 0 Å². The van der Waals surface area contributed by atoms with E-state index in [4.69, 9.17) is 5.11 Å². The number of amides is 2. The van der Waals surface area contributed by atoms with Crippen LogP contribution >= 0.6 is 11.3 Å². The molecule has 1 atom stereocenters. The number of carbonyl (C=O) groups is 2. The number of nitrogens with zero attached hydrogens (tertiary/aromatic N) is 3. The van der Waals surface area contributed by atoms with E-state index in [0.29, 0.717) is 16.5 Å². The summed E-state index contributed by atoms with van der Waals surface area (Å²) >= 11 is 1.04. The predicted octanol–water partition coefficient (Wildman–Crippen LogP) is 0.828. The summed E-state index contributed by atoms with van der Waals surface area (Å²) in [4.78, 5) is 30.8. The number of aromatic carboxylic acids is 1. The van der Waals surface area contributed by atoms with Crippen LogP contribution in [0.4, 0.5) is 4.79 Å². The minimum Gasteiger partial charge on any atom is -0.477 e. The molecule has 0 radical (unpaired) electrons. The third kappa shape index (κ3) is 3.75. The molecule has 0 aliphatic rings. The Morgan fingerprint density at radius 2 is 2.29 bits per heavy atom. The van der Waals surface area contributed by atoms with Crippen LogP contribution in [-0.4, -0.2) is 37.3 Å². The smallest absolute Gasteiger partial charge is 0.347 e. The zero-order chi connectivity index (χ0) is 15.4. The van der Waals surface area contributed by atoms with Crippen molar-refractivity contribution in [2.45, 2.75) is 26.4 Å². The Balaban J connectivity index is 1.86. The van der Waals surface area contributed by atoms with Crippen molar-refractivity contribution in [1.82, 2.24) is 30.8 Å². The molecule has 0 spiro atoms. The van der Waals surface area contributed by atoms with Gasteiger partial charge in [0.25, 0.3) is 0 Å². The van der Waals surface area contributed by atoms with Gasteiger partial charge < -0.3 is 15.7 Å². The average molecular weight is 310 g/mol. The molecule has 9 nitrogen and oxygen atoms in total. The van der Waals surface area contributed by atoms with E-state index in [-0.39, 0.29) is 17.5 Å². The predicted molar refractivity (Wildman–Crippen MR) is 74.0 cm³/mol. The fourth-order valence-corrected chi connectivity index (χ4v) is 2.47. The first-order chi connectivity index (χ1) is 9.97. The fourth-order valence-electron chi connectivity index (χ4n) is 1.62. The molecule has 10 heteroatoms. The molecule has 21 heavy (non-hydrogen) atoms. The van der Waals surface area contributed by atoms with Crippen LogP contribution in [0.2, 0.25) is 0 Å². The van der Waals surface area contributed by atoms with Gasteiger partial charge in [-0.2, -0.15) is 5.10 Å². The number of aromatic nitrogens is 4. The zero-order valence-electron chi connectivity index (χ0n) is 11.4. The van der Waals surface area contributed by atoms with Gasteiger partial charge in [0.1, 0.15) is 22.0 Å². The molecule has 0 saturated heterocycles. The monoisotopic (exact) mass is 310 g/mol. The Hall–Kier alpha value is -2.49. The van der Waals surface area contributed by atoms with Crippen molar-refractivity contribution in [2.24, 2.45) is 0 Å². The van der Waals surface area contributed by atoms with Crippen LogP contribution < -0.4 is 10.6 Å². The van der Waals surface area contributed by atoms with E-state index in [1.165, 1.54) is 6.33 Å². The number of aryl methyl sites for hydroxylation is 1. The molecule has 0 aliphatic carbocycles. The van der Waals surface area contributed by atoms with Crippen LogP contribution in [-0.2, 0) is 6.54 Å². The summed E-state index contributed by atoms with van der Waals surface area (Å²) in [5, 5.41) is 21.1. The van der Waals surface area contributed by atoms with Crippen molar-refractivity contribution in [2.75, 3.05) is 0 Å². The highest BCUT2D eigenvalue weighted by Gasteiger charge is 2.15. The first-order valence-electron chi connectivity index (χ1n) is 6.06. The summed E-state index contributed by atoms with van der Waals surface area (Å²) in [5.41, 5.74) is 0.444. The molecule has 0 bridgehead atoms. The number of carboxylic acid groups (broad SMARTS) is 1. The van der Waals surface area contributed by atoms with E-state index >= 15 is 0 Å². The number of nitrogens with one attached hydrogen (secondary N) is 3. The van der Waals surface area contributed by atoms with Crippen molar-refractivity contribution in [3.05, 3.63) is 27.7 Å². The zero-order valence-corrected chi connectivity index (χ0v) is 12.2. The normalized spacial score (nSPS) is 11.9. The van der Waals surface area contributed by atoms with E-state index < -0.39 is 12.0 Å². The fraction of sp³-hybridized carbons (Fsp3) is 0.364. The van der Waals surface area contributed by atoms with Gasteiger partial charge in [-0.1, -0.05) is 0 Å². The van der Waals surface area contributed by atoms with E-state index in [1.807, 2.05) is 0 Å². The Bertz CT molecular complexity index is 638. The Labute approximate surface area is 123 Å². The molecule has 112 valence electrons. The lowest BCUT2D eigenvalue weighted by molar-refractivity contribution is 0.0701. The highest BCUT2D eigenvalue weighted by atomic mass is 32.1. The number of hydrogen-bond donors (Lipinski definition) is 4. The molecule has 2 heterocycles. The molecule has 0 saturated carbocycles. The molecule has 0 aliphatic heterocycles. The number of rotatable bonds is 5. The van der Waals surface area contributed by atoms with Gasteiger partial charge >= 0.3 is 12.0 Å². The third-order valence-corrected chi connectivity index (χ3v) is 3.77. The second kappa shape index (κ2) is 6.31. The van der Waals surface area contributed by atoms with Crippen molar-refractivity contribution in [1.29, 1.82) is 0 Å². The molecule has 2 aromatic rings. The largest absolute Gasteiger partial charge is 0.477 e. The van der Waals surface area contributed by atoms with Crippen LogP contribution in [0.3, 0.4) is 0 Å². The maximum atomic E-state index is 11.7. The summed E-state index contributed by atoms with van der Waals surface area (Å²) in [6.45, 7) is 3.54. The molecular formula is C11H14N6O3S. The van der Waals surface area contributed by atoms with Crippen molar-refractivity contribution in [3.8, 4) is 0 Å². The Morgan fingerprint density at radius 1 is 1.52 bits per heavy atom. The van der Waals surface area contributed by atoms with Gasteiger partial charge in [-0.05, 0) is 13.8 Å². The lowest BCUT2D eigenvalue weighted by Gasteiger charge is -2.11. The summed E-state index contributed by atoms with van der Waals surface area (Å²) < 4.78 is 0. The molecule has 2 amide bonds. The summed E-state index contributed by atoms with van der Waals surface area (Å²) in [6, 6.07) is -0.719. The first-order valence-corrected chi connectivity index (χ1v) is 6.88. The quantitative estimate of drug-likeness (QED) is 0.646. The minimum absolute atomic E-state index is 0.160. The molecule has 0 aromatic carbocycles. The second-order valence-corrected chi connectivity index (χ2v) is 5.33. The number of carbonyl (C=O) groups excluding carboxylic acids is 1. The molecule has 2 rings (SSSR count). The van der Waals surface area contributed by atoms with Gasteiger partial charge in [0.05, 0.1) is 18.3 Å². The van der Waals surface area contributed by atoms with Gasteiger partial charge in [0.15, 0.2) is 0 Å². The SMILES string of the molecule is Cc1nc(CNC(=O)NC(C)c2ncn[nH]2)sc1C(=O)O. The molecular weight excluding hydrogens is 296 g/mol. The number of carboxylic acids is 1. The maximum absolute atomic E-state index is 11.7. The standard InChI is InChI=1S/C11H14N6O3S/c1-5-8(10(18)19)21-7(15-5)3-12-11(20)16-6(2)9-13-4-14-17-9/h4,6H,3H2,1-2H3,(H,18,19)(H2,12,16,20)(H,13,14,17). The number of hydrogen-bond acceptors (Lipinski definition) is 6. The lowest BCUT2D eigenvalue weighted by Crippen LogP contribution is -2.37. The topological polar surface area (TPSA) is 133 Å². The van der Waals surface area contributed by atoms with Gasteiger partial charge in [-0.3, -0.25) is 5.10 Å². The Morgan fingerprint density at radius 3 is 2.86 bits per heavy atom. The van der Waals surface area contributed by atoms with E-state index in [1.54, 1.807) is 13.8 Å². The molecule has 0 fully saturated rings. The number of urea groups is 1. The highest BCUT2D eigenvalue weighted by molar-refractivity contribution is 7.13. The van der Waals surface area contributed by atoms with E-state index in [9.17, 15) is 9.59 Å². The van der Waals surface area contributed by atoms with Gasteiger partial charge in [0.2, 0.25) is 0 Å². The van der Waals surface area contributed by atoms with Crippen LogP contribution in [0.5, 0.6) is 0 Å². The van der Waals surface area contributed by atoms with Gasteiger partial charge in [-0.15, -0.1) is 11.3 Å². The second-order valence-electron chi connectivity index (χ2n) is 4.25. The number of aromatic amines is 1.